The second-order valence-corrected chi connectivity index (χ2v) is 5.24. The predicted octanol–water partition coefficient (Wildman–Crippen LogP) is 4.30. The van der Waals surface area contributed by atoms with Crippen molar-refractivity contribution in [2.75, 3.05) is 6.61 Å². The summed E-state index contributed by atoms with van der Waals surface area (Å²) >= 11 is 0. The standard InChI is InChI=1S/C20H20O3/c1-3-23-20(22)14-19(21)18-12-9-15(2)13-17(18)11-10-16-7-5-4-6-8-16/h4-13H,3,14H2,1-2H3/b11-10+. The molecule has 23 heavy (non-hydrogen) atoms. The molecule has 0 aliphatic rings. The molecule has 0 unspecified atom stereocenters. The molecule has 0 aromatic heterocycles. The summed E-state index contributed by atoms with van der Waals surface area (Å²) in [7, 11) is 0. The number of carbonyl (C=O) groups excluding carboxylic acids is 2. The lowest BCUT2D eigenvalue weighted by atomic mass is 9.98. The smallest absolute Gasteiger partial charge is 0.313 e. The normalized spacial score (nSPS) is 10.7. The second-order valence-electron chi connectivity index (χ2n) is 5.24. The zero-order valence-corrected chi connectivity index (χ0v) is 13.4. The second kappa shape index (κ2) is 8.08. The van der Waals surface area contributed by atoms with Crippen LogP contribution in [0.5, 0.6) is 0 Å². The van der Waals surface area contributed by atoms with Crippen LogP contribution < -0.4 is 0 Å². The van der Waals surface area contributed by atoms with Crippen molar-refractivity contribution < 1.29 is 14.3 Å². The van der Waals surface area contributed by atoms with Gasteiger partial charge in [-0.2, -0.15) is 0 Å². The Morgan fingerprint density at radius 3 is 2.48 bits per heavy atom. The first kappa shape index (κ1) is 16.7. The highest BCUT2D eigenvalue weighted by Gasteiger charge is 2.15. The lowest BCUT2D eigenvalue weighted by Gasteiger charge is -2.07. The summed E-state index contributed by atoms with van der Waals surface area (Å²) in [6.45, 7) is 3.97. The molecule has 0 N–H and O–H groups in total. The molecule has 0 saturated heterocycles. The van der Waals surface area contributed by atoms with Gasteiger partial charge in [-0.3, -0.25) is 9.59 Å². The van der Waals surface area contributed by atoms with Gasteiger partial charge in [0.25, 0.3) is 0 Å². The molecule has 0 aliphatic carbocycles. The Morgan fingerprint density at radius 1 is 1.04 bits per heavy atom. The van der Waals surface area contributed by atoms with E-state index in [0.717, 1.165) is 16.7 Å². The molecule has 3 heteroatoms. The van der Waals surface area contributed by atoms with E-state index in [0.29, 0.717) is 5.56 Å². The van der Waals surface area contributed by atoms with Crippen LogP contribution in [0.15, 0.2) is 48.5 Å². The Hall–Kier alpha value is -2.68. The molecule has 0 saturated carbocycles. The van der Waals surface area contributed by atoms with Crippen molar-refractivity contribution in [3.8, 4) is 0 Å². The maximum Gasteiger partial charge on any atom is 0.313 e. The van der Waals surface area contributed by atoms with Crippen molar-refractivity contribution >= 4 is 23.9 Å². The summed E-state index contributed by atoms with van der Waals surface area (Å²) in [5.41, 5.74) is 3.46. The average Bonchev–Trinajstić information content (AvgIpc) is 2.54. The molecule has 0 atom stereocenters. The van der Waals surface area contributed by atoms with E-state index in [2.05, 4.69) is 0 Å². The number of Topliss-reactive ketones (excluding diaryl/α,β-unsaturated/α-hetero) is 1. The van der Waals surface area contributed by atoms with Crippen molar-refractivity contribution in [2.45, 2.75) is 20.3 Å². The number of benzene rings is 2. The molecule has 0 amide bonds. The number of ether oxygens (including phenoxy) is 1. The van der Waals surface area contributed by atoms with E-state index >= 15 is 0 Å². The third kappa shape index (κ3) is 4.92. The number of hydrogen-bond donors (Lipinski definition) is 0. The number of aryl methyl sites for hydroxylation is 1. The summed E-state index contributed by atoms with van der Waals surface area (Å²) in [6, 6.07) is 15.4. The van der Waals surface area contributed by atoms with Crippen molar-refractivity contribution in [3.05, 3.63) is 70.8 Å². The summed E-state index contributed by atoms with van der Waals surface area (Å²) in [5, 5.41) is 0. The Kier molecular flexibility index (Phi) is 5.87. The molecule has 0 spiro atoms. The quantitative estimate of drug-likeness (QED) is 0.346. The molecule has 0 fully saturated rings. The van der Waals surface area contributed by atoms with E-state index in [-0.39, 0.29) is 18.8 Å². The maximum absolute atomic E-state index is 12.3. The van der Waals surface area contributed by atoms with Crippen LogP contribution in [0.2, 0.25) is 0 Å². The highest BCUT2D eigenvalue weighted by atomic mass is 16.5. The monoisotopic (exact) mass is 308 g/mol. The molecule has 0 aliphatic heterocycles. The topological polar surface area (TPSA) is 43.4 Å². The number of rotatable bonds is 6. The van der Waals surface area contributed by atoms with E-state index in [1.54, 1.807) is 13.0 Å². The number of carbonyl (C=O) groups is 2. The zero-order chi connectivity index (χ0) is 16.7. The third-order valence-electron chi connectivity index (χ3n) is 3.37. The SMILES string of the molecule is CCOC(=O)CC(=O)c1ccc(C)cc1/C=C/c1ccccc1. The first-order valence-corrected chi connectivity index (χ1v) is 7.62. The average molecular weight is 308 g/mol. The fourth-order valence-electron chi connectivity index (χ4n) is 2.26. The molecule has 0 radical (unpaired) electrons. The van der Waals surface area contributed by atoms with Gasteiger partial charge in [0.05, 0.1) is 6.61 Å². The number of hydrogen-bond acceptors (Lipinski definition) is 3. The van der Waals surface area contributed by atoms with Crippen LogP contribution in [-0.2, 0) is 9.53 Å². The molecule has 3 nitrogen and oxygen atoms in total. The van der Waals surface area contributed by atoms with E-state index in [1.807, 2.05) is 61.5 Å². The van der Waals surface area contributed by atoms with E-state index in [9.17, 15) is 9.59 Å². The highest BCUT2D eigenvalue weighted by molar-refractivity contribution is 6.08. The van der Waals surface area contributed by atoms with Gasteiger partial charge in [-0.15, -0.1) is 0 Å². The Labute approximate surface area is 136 Å². The molecular weight excluding hydrogens is 288 g/mol. The number of esters is 1. The van der Waals surface area contributed by atoms with Crippen LogP contribution in [-0.4, -0.2) is 18.4 Å². The maximum atomic E-state index is 12.3. The fraction of sp³-hybridized carbons (Fsp3) is 0.200. The van der Waals surface area contributed by atoms with Crippen molar-refractivity contribution in [1.29, 1.82) is 0 Å². The Morgan fingerprint density at radius 2 is 1.78 bits per heavy atom. The van der Waals surface area contributed by atoms with Gasteiger partial charge >= 0.3 is 5.97 Å². The summed E-state index contributed by atoms with van der Waals surface area (Å²) < 4.78 is 4.85. The third-order valence-corrected chi connectivity index (χ3v) is 3.37. The van der Waals surface area contributed by atoms with Crippen LogP contribution >= 0.6 is 0 Å². The molecule has 118 valence electrons. The van der Waals surface area contributed by atoms with Gasteiger partial charge in [-0.25, -0.2) is 0 Å². The number of ketones is 1. The van der Waals surface area contributed by atoms with E-state index in [1.165, 1.54) is 0 Å². The van der Waals surface area contributed by atoms with Gasteiger partial charge in [0.1, 0.15) is 6.42 Å². The van der Waals surface area contributed by atoms with Crippen LogP contribution in [0.3, 0.4) is 0 Å². The predicted molar refractivity (Wildman–Crippen MR) is 92.1 cm³/mol. The van der Waals surface area contributed by atoms with Crippen molar-refractivity contribution in [2.24, 2.45) is 0 Å². The van der Waals surface area contributed by atoms with Gasteiger partial charge < -0.3 is 4.74 Å². The first-order chi connectivity index (χ1) is 11.1. The lowest BCUT2D eigenvalue weighted by Crippen LogP contribution is -2.12. The van der Waals surface area contributed by atoms with Crippen LogP contribution in [0.4, 0.5) is 0 Å². The minimum Gasteiger partial charge on any atom is -0.466 e. The summed E-state index contributed by atoms with van der Waals surface area (Å²) in [6.07, 6.45) is 3.62. The summed E-state index contributed by atoms with van der Waals surface area (Å²) in [4.78, 5) is 23.9. The first-order valence-electron chi connectivity index (χ1n) is 7.62. The molecule has 2 rings (SSSR count). The van der Waals surface area contributed by atoms with Gasteiger partial charge in [0.15, 0.2) is 5.78 Å². The molecule has 2 aromatic rings. The Balaban J connectivity index is 2.25. The molecular formula is C20H20O3. The molecule has 2 aromatic carbocycles. The van der Waals surface area contributed by atoms with Crippen LogP contribution in [0.25, 0.3) is 12.2 Å². The highest BCUT2D eigenvalue weighted by Crippen LogP contribution is 2.17. The van der Waals surface area contributed by atoms with Crippen LogP contribution in [0.1, 0.15) is 40.4 Å². The van der Waals surface area contributed by atoms with Gasteiger partial charge in [-0.05, 0) is 25.0 Å². The van der Waals surface area contributed by atoms with E-state index < -0.39 is 5.97 Å². The van der Waals surface area contributed by atoms with Crippen LogP contribution in [0, 0.1) is 6.92 Å². The lowest BCUT2D eigenvalue weighted by molar-refractivity contribution is -0.141. The fourth-order valence-corrected chi connectivity index (χ4v) is 2.26. The minimum absolute atomic E-state index is 0.226. The Bertz CT molecular complexity index is 715. The van der Waals surface area contributed by atoms with Gasteiger partial charge in [0, 0.05) is 5.56 Å². The minimum atomic E-state index is -0.490. The molecule has 0 heterocycles. The largest absolute Gasteiger partial charge is 0.466 e. The van der Waals surface area contributed by atoms with Gasteiger partial charge in [-0.1, -0.05) is 66.2 Å². The van der Waals surface area contributed by atoms with Crippen molar-refractivity contribution in [1.82, 2.24) is 0 Å². The zero-order valence-electron chi connectivity index (χ0n) is 13.4. The summed E-state index contributed by atoms with van der Waals surface area (Å²) in [5.74, 6) is -0.716. The molecule has 0 bridgehead atoms. The van der Waals surface area contributed by atoms with Gasteiger partial charge in [0.2, 0.25) is 0 Å². The van der Waals surface area contributed by atoms with Crippen molar-refractivity contribution in [3.63, 3.8) is 0 Å². The van der Waals surface area contributed by atoms with E-state index in [4.69, 9.17) is 4.74 Å².